The van der Waals surface area contributed by atoms with E-state index in [0.717, 1.165) is 6.20 Å². The summed E-state index contributed by atoms with van der Waals surface area (Å²) >= 11 is 0. The number of hydrogen-bond donors (Lipinski definition) is 2. The zero-order valence-corrected chi connectivity index (χ0v) is 10.7. The van der Waals surface area contributed by atoms with Crippen molar-refractivity contribution >= 4 is 17.6 Å². The van der Waals surface area contributed by atoms with Crippen LogP contribution in [0.2, 0.25) is 0 Å². The monoisotopic (exact) mass is 315 g/mol. The van der Waals surface area contributed by atoms with Gasteiger partial charge in [-0.3, -0.25) is 0 Å². The number of nitrogens with one attached hydrogen (secondary N) is 1. The summed E-state index contributed by atoms with van der Waals surface area (Å²) in [5, 5.41) is 11.6. The second kappa shape index (κ2) is 6.20. The molecule has 0 bridgehead atoms. The molecule has 2 heterocycles. The molecule has 22 heavy (non-hydrogen) atoms. The first-order valence-corrected chi connectivity index (χ1v) is 5.68. The molecule has 2 rings (SSSR count). The van der Waals surface area contributed by atoms with Gasteiger partial charge in [-0.2, -0.15) is 13.2 Å². The molecule has 0 amide bonds. The molecule has 8 nitrogen and oxygen atoms in total. The number of aromatic nitrogens is 4. The van der Waals surface area contributed by atoms with Crippen molar-refractivity contribution in [2.45, 2.75) is 6.18 Å². The lowest BCUT2D eigenvalue weighted by molar-refractivity contribution is -0.154. The van der Waals surface area contributed by atoms with E-state index in [1.54, 1.807) is 0 Å². The van der Waals surface area contributed by atoms with E-state index >= 15 is 0 Å². The summed E-state index contributed by atoms with van der Waals surface area (Å²) in [6, 6.07) is 1.45. The van der Waals surface area contributed by atoms with Crippen LogP contribution in [0.3, 0.4) is 0 Å². The average molecular weight is 315 g/mol. The fourth-order valence-corrected chi connectivity index (χ4v) is 1.32. The summed E-state index contributed by atoms with van der Waals surface area (Å²) in [7, 11) is 0. The number of carbonyl (C=O) groups is 1. The van der Waals surface area contributed by atoms with Crippen molar-refractivity contribution in [1.82, 2.24) is 19.9 Å². The Kier molecular flexibility index (Phi) is 4.34. The van der Waals surface area contributed by atoms with Gasteiger partial charge < -0.3 is 15.2 Å². The van der Waals surface area contributed by atoms with Crippen molar-refractivity contribution < 1.29 is 27.8 Å². The van der Waals surface area contributed by atoms with Gasteiger partial charge in [0.25, 0.3) is 0 Å². The first-order chi connectivity index (χ1) is 10.3. The molecule has 11 heteroatoms. The Morgan fingerprint density at radius 2 is 2.14 bits per heavy atom. The zero-order chi connectivity index (χ0) is 16.2. The summed E-state index contributed by atoms with van der Waals surface area (Å²) in [5.74, 6) is -1.98. The molecule has 0 saturated carbocycles. The van der Waals surface area contributed by atoms with Crippen LogP contribution in [0.15, 0.2) is 24.8 Å². The quantitative estimate of drug-likeness (QED) is 0.857. The van der Waals surface area contributed by atoms with Crippen molar-refractivity contribution in [3.63, 3.8) is 0 Å². The SMILES string of the molecule is O=C(O)c1nc(OCC(F)(F)F)cnc1Nc1ccncn1. The van der Waals surface area contributed by atoms with Crippen LogP contribution in [0.25, 0.3) is 0 Å². The molecule has 2 aromatic heterocycles. The van der Waals surface area contributed by atoms with Crippen LogP contribution in [-0.2, 0) is 0 Å². The Bertz CT molecular complexity index is 666. The topological polar surface area (TPSA) is 110 Å². The minimum absolute atomic E-state index is 0.189. The predicted molar refractivity (Wildman–Crippen MR) is 65.9 cm³/mol. The largest absolute Gasteiger partial charge is 0.476 e. The molecule has 0 fully saturated rings. The molecule has 0 aliphatic carbocycles. The van der Waals surface area contributed by atoms with E-state index in [9.17, 15) is 18.0 Å². The minimum Gasteiger partial charge on any atom is -0.476 e. The third kappa shape index (κ3) is 4.26. The number of nitrogens with zero attached hydrogens (tertiary/aromatic N) is 4. The summed E-state index contributed by atoms with van der Waals surface area (Å²) in [4.78, 5) is 25.8. The van der Waals surface area contributed by atoms with Crippen molar-refractivity contribution in [2.24, 2.45) is 0 Å². The van der Waals surface area contributed by atoms with Gasteiger partial charge in [0.1, 0.15) is 12.1 Å². The van der Waals surface area contributed by atoms with Crippen molar-refractivity contribution in [3.05, 3.63) is 30.5 Å². The van der Waals surface area contributed by atoms with Crippen LogP contribution in [-0.4, -0.2) is 43.8 Å². The van der Waals surface area contributed by atoms with Gasteiger partial charge in [0.2, 0.25) is 5.88 Å². The highest BCUT2D eigenvalue weighted by molar-refractivity contribution is 5.91. The van der Waals surface area contributed by atoms with E-state index in [1.165, 1.54) is 18.6 Å². The van der Waals surface area contributed by atoms with Gasteiger partial charge in [-0.1, -0.05) is 0 Å². The molecule has 0 unspecified atom stereocenters. The highest BCUT2D eigenvalue weighted by atomic mass is 19.4. The van der Waals surface area contributed by atoms with Crippen LogP contribution in [0, 0.1) is 0 Å². The van der Waals surface area contributed by atoms with E-state index < -0.39 is 30.3 Å². The first kappa shape index (κ1) is 15.4. The third-order valence-corrected chi connectivity index (χ3v) is 2.17. The second-order valence-corrected chi connectivity index (χ2v) is 3.83. The van der Waals surface area contributed by atoms with E-state index in [2.05, 4.69) is 30.0 Å². The molecule has 0 spiro atoms. The highest BCUT2D eigenvalue weighted by Gasteiger charge is 2.29. The lowest BCUT2D eigenvalue weighted by atomic mass is 10.4. The summed E-state index contributed by atoms with van der Waals surface area (Å²) < 4.78 is 40.5. The zero-order valence-electron chi connectivity index (χ0n) is 10.7. The van der Waals surface area contributed by atoms with Gasteiger partial charge in [-0.25, -0.2) is 24.7 Å². The smallest absolute Gasteiger partial charge is 0.422 e. The molecule has 116 valence electrons. The Labute approximate surface area is 121 Å². The Morgan fingerprint density at radius 3 is 2.73 bits per heavy atom. The maximum absolute atomic E-state index is 12.1. The van der Waals surface area contributed by atoms with Gasteiger partial charge in [0.05, 0.1) is 6.20 Å². The minimum atomic E-state index is -4.57. The molecular formula is C11H8F3N5O3. The highest BCUT2D eigenvalue weighted by Crippen LogP contribution is 2.20. The number of alkyl halides is 3. The molecule has 2 N–H and O–H groups in total. The van der Waals surface area contributed by atoms with Crippen LogP contribution in [0.4, 0.5) is 24.8 Å². The molecule has 2 aromatic rings. The number of halogens is 3. The second-order valence-electron chi connectivity index (χ2n) is 3.83. The number of anilines is 2. The van der Waals surface area contributed by atoms with Crippen LogP contribution in [0.1, 0.15) is 10.5 Å². The average Bonchev–Trinajstić information content (AvgIpc) is 2.46. The van der Waals surface area contributed by atoms with Crippen LogP contribution >= 0.6 is 0 Å². The van der Waals surface area contributed by atoms with E-state index in [4.69, 9.17) is 5.11 Å². The van der Waals surface area contributed by atoms with Crippen molar-refractivity contribution in [1.29, 1.82) is 0 Å². The Balaban J connectivity index is 2.22. The van der Waals surface area contributed by atoms with Gasteiger partial charge in [-0.15, -0.1) is 0 Å². The van der Waals surface area contributed by atoms with Crippen LogP contribution < -0.4 is 10.1 Å². The summed E-state index contributed by atoms with van der Waals surface area (Å²) in [6.07, 6.45) is -1.06. The van der Waals surface area contributed by atoms with Gasteiger partial charge in [0, 0.05) is 6.20 Å². The molecule has 0 radical (unpaired) electrons. The standard InChI is InChI=1S/C11H8F3N5O3/c12-11(13,14)4-22-7-3-16-9(8(19-7)10(20)21)18-6-1-2-15-5-17-6/h1-3,5H,4H2,(H,20,21)(H,15,16,17,18). The van der Waals surface area contributed by atoms with E-state index in [0.29, 0.717) is 0 Å². The van der Waals surface area contributed by atoms with Gasteiger partial charge >= 0.3 is 12.1 Å². The first-order valence-electron chi connectivity index (χ1n) is 5.68. The molecule has 0 aliphatic heterocycles. The third-order valence-electron chi connectivity index (χ3n) is 2.17. The Hall–Kier alpha value is -2.98. The summed E-state index contributed by atoms with van der Waals surface area (Å²) in [5.41, 5.74) is -0.599. The molecule has 0 atom stereocenters. The number of carboxylic acid groups (broad SMARTS) is 1. The maximum atomic E-state index is 12.1. The number of hydrogen-bond acceptors (Lipinski definition) is 7. The molecule has 0 saturated heterocycles. The van der Waals surface area contributed by atoms with E-state index in [1.807, 2.05) is 0 Å². The maximum Gasteiger partial charge on any atom is 0.422 e. The number of rotatable bonds is 5. The molecule has 0 aromatic carbocycles. The number of carboxylic acids is 1. The lowest BCUT2D eigenvalue weighted by Gasteiger charge is -2.10. The fourth-order valence-electron chi connectivity index (χ4n) is 1.32. The fraction of sp³-hybridized carbons (Fsp3) is 0.182. The van der Waals surface area contributed by atoms with Crippen molar-refractivity contribution in [2.75, 3.05) is 11.9 Å². The normalized spacial score (nSPS) is 11.0. The summed E-state index contributed by atoms with van der Waals surface area (Å²) in [6.45, 7) is -1.60. The van der Waals surface area contributed by atoms with E-state index in [-0.39, 0.29) is 11.6 Å². The number of ether oxygens (including phenoxy) is 1. The van der Waals surface area contributed by atoms with Gasteiger partial charge in [0.15, 0.2) is 18.1 Å². The molecule has 0 aliphatic rings. The predicted octanol–water partition coefficient (Wildman–Crippen LogP) is 1.65. The number of aromatic carboxylic acids is 1. The molecular weight excluding hydrogens is 307 g/mol. The van der Waals surface area contributed by atoms with Crippen LogP contribution in [0.5, 0.6) is 5.88 Å². The lowest BCUT2D eigenvalue weighted by Crippen LogP contribution is -2.20. The Morgan fingerprint density at radius 1 is 1.36 bits per heavy atom. The van der Waals surface area contributed by atoms with Crippen molar-refractivity contribution in [3.8, 4) is 5.88 Å². The van der Waals surface area contributed by atoms with Gasteiger partial charge in [-0.05, 0) is 6.07 Å².